The van der Waals surface area contributed by atoms with E-state index in [1.54, 1.807) is 24.3 Å². The minimum Gasteiger partial charge on any atom is -0.484 e. The van der Waals surface area contributed by atoms with Gasteiger partial charge in [-0.25, -0.2) is 9.82 Å². The van der Waals surface area contributed by atoms with Gasteiger partial charge in [0, 0.05) is 5.69 Å². The van der Waals surface area contributed by atoms with Crippen molar-refractivity contribution in [3.05, 3.63) is 95.8 Å². The Labute approximate surface area is 195 Å². The van der Waals surface area contributed by atoms with Crippen LogP contribution in [0.5, 0.6) is 5.75 Å². The van der Waals surface area contributed by atoms with Crippen LogP contribution in [0.2, 0.25) is 0 Å². The Morgan fingerprint density at radius 1 is 0.941 bits per heavy atom. The van der Waals surface area contributed by atoms with Crippen LogP contribution in [-0.2, 0) is 14.4 Å². The first-order valence-corrected chi connectivity index (χ1v) is 10.4. The summed E-state index contributed by atoms with van der Waals surface area (Å²) in [5.41, 5.74) is 4.02. The number of amides is 3. The minimum absolute atomic E-state index is 0.135. The maximum absolute atomic E-state index is 12.9. The molecular weight excluding hydrogens is 439 g/mol. The predicted molar refractivity (Wildman–Crippen MR) is 126 cm³/mol. The lowest BCUT2D eigenvalue weighted by Crippen LogP contribution is -2.32. The van der Waals surface area contributed by atoms with Gasteiger partial charge >= 0.3 is 11.8 Å². The van der Waals surface area contributed by atoms with E-state index < -0.39 is 17.6 Å². The van der Waals surface area contributed by atoms with Crippen molar-refractivity contribution >= 4 is 29.6 Å². The van der Waals surface area contributed by atoms with Crippen molar-refractivity contribution in [1.82, 2.24) is 10.7 Å². The Kier molecular flexibility index (Phi) is 8.45. The van der Waals surface area contributed by atoms with Crippen LogP contribution in [0.1, 0.15) is 24.1 Å². The number of nitrogens with one attached hydrogen (secondary N) is 3. The van der Waals surface area contributed by atoms with Crippen LogP contribution in [0.3, 0.4) is 0 Å². The zero-order valence-electron chi connectivity index (χ0n) is 18.3. The van der Waals surface area contributed by atoms with Crippen molar-refractivity contribution in [2.75, 3.05) is 11.9 Å². The summed E-state index contributed by atoms with van der Waals surface area (Å²) in [5, 5.41) is 8.93. The van der Waals surface area contributed by atoms with Crippen LogP contribution >= 0.6 is 0 Å². The lowest BCUT2D eigenvalue weighted by molar-refractivity contribution is -0.136. The maximum Gasteiger partial charge on any atom is 0.329 e. The quantitative estimate of drug-likeness (QED) is 0.271. The first kappa shape index (κ1) is 24.1. The summed E-state index contributed by atoms with van der Waals surface area (Å²) >= 11 is 0. The van der Waals surface area contributed by atoms with Crippen LogP contribution < -0.4 is 20.8 Å². The van der Waals surface area contributed by atoms with E-state index in [-0.39, 0.29) is 24.2 Å². The number of halogens is 1. The van der Waals surface area contributed by atoms with Crippen molar-refractivity contribution < 1.29 is 23.5 Å². The fourth-order valence-corrected chi connectivity index (χ4v) is 2.84. The Morgan fingerprint density at radius 2 is 1.62 bits per heavy atom. The van der Waals surface area contributed by atoms with Crippen molar-refractivity contribution in [1.29, 1.82) is 0 Å². The van der Waals surface area contributed by atoms with Gasteiger partial charge in [0.15, 0.2) is 6.61 Å². The van der Waals surface area contributed by atoms with Crippen molar-refractivity contribution in [2.24, 2.45) is 5.10 Å². The molecule has 3 rings (SSSR count). The molecular formula is C25H23FN4O4. The zero-order chi connectivity index (χ0) is 24.3. The molecule has 8 nitrogen and oxygen atoms in total. The van der Waals surface area contributed by atoms with Gasteiger partial charge in [-0.2, -0.15) is 5.10 Å². The second-order valence-corrected chi connectivity index (χ2v) is 7.22. The molecule has 0 fully saturated rings. The standard InChI is InChI=1S/C25H23FN4O4/c1-17(19-5-3-2-4-6-19)28-23(31)16-34-22-13-7-18(8-14-22)15-27-30-25(33)24(32)29-21-11-9-20(26)10-12-21/h2-15,17H,16H2,1H3,(H,28,31)(H,29,32)(H,30,33)/b27-15-/t17-/m1/s1. The van der Waals surface area contributed by atoms with Gasteiger partial charge in [0.2, 0.25) is 0 Å². The number of hydrogen-bond acceptors (Lipinski definition) is 5. The SMILES string of the molecule is C[C@@H](NC(=O)COc1ccc(/C=N\NC(=O)C(=O)Nc2ccc(F)cc2)cc1)c1ccccc1. The molecule has 1 atom stereocenters. The van der Waals surface area contributed by atoms with E-state index in [2.05, 4.69) is 21.2 Å². The van der Waals surface area contributed by atoms with E-state index in [0.29, 0.717) is 11.3 Å². The highest BCUT2D eigenvalue weighted by atomic mass is 19.1. The number of hydrazone groups is 1. The number of nitrogens with zero attached hydrogens (tertiary/aromatic N) is 1. The molecule has 3 aromatic carbocycles. The molecule has 3 N–H and O–H groups in total. The highest BCUT2D eigenvalue weighted by Gasteiger charge is 2.13. The number of rotatable bonds is 8. The normalized spacial score (nSPS) is 11.5. The first-order valence-electron chi connectivity index (χ1n) is 10.4. The van der Waals surface area contributed by atoms with Gasteiger partial charge in [-0.1, -0.05) is 30.3 Å². The molecule has 0 saturated heterocycles. The fraction of sp³-hybridized carbons (Fsp3) is 0.120. The molecule has 34 heavy (non-hydrogen) atoms. The lowest BCUT2D eigenvalue weighted by Gasteiger charge is -2.14. The summed E-state index contributed by atoms with van der Waals surface area (Å²) in [5.74, 6) is -2.13. The molecule has 0 unspecified atom stereocenters. The van der Waals surface area contributed by atoms with Crippen LogP contribution in [0, 0.1) is 5.82 Å². The molecule has 0 aliphatic heterocycles. The van der Waals surface area contributed by atoms with Crippen LogP contribution in [-0.4, -0.2) is 30.5 Å². The molecule has 9 heteroatoms. The maximum atomic E-state index is 12.9. The smallest absolute Gasteiger partial charge is 0.329 e. The number of benzene rings is 3. The van der Waals surface area contributed by atoms with E-state index in [4.69, 9.17) is 4.74 Å². The van der Waals surface area contributed by atoms with E-state index in [1.165, 1.54) is 18.3 Å². The van der Waals surface area contributed by atoms with Crippen molar-refractivity contribution in [3.63, 3.8) is 0 Å². The number of ether oxygens (including phenoxy) is 1. The Balaban J connectivity index is 1.41. The van der Waals surface area contributed by atoms with E-state index >= 15 is 0 Å². The summed E-state index contributed by atoms with van der Waals surface area (Å²) in [7, 11) is 0. The highest BCUT2D eigenvalue weighted by molar-refractivity contribution is 6.39. The number of carbonyl (C=O) groups is 3. The van der Waals surface area contributed by atoms with Crippen LogP contribution in [0.25, 0.3) is 0 Å². The van der Waals surface area contributed by atoms with Gasteiger partial charge in [-0.3, -0.25) is 14.4 Å². The average molecular weight is 462 g/mol. The molecule has 0 aliphatic rings. The van der Waals surface area contributed by atoms with Gasteiger partial charge < -0.3 is 15.4 Å². The molecule has 0 heterocycles. The summed E-state index contributed by atoms with van der Waals surface area (Å²) in [6.45, 7) is 1.76. The monoisotopic (exact) mass is 462 g/mol. The highest BCUT2D eigenvalue weighted by Crippen LogP contribution is 2.13. The van der Waals surface area contributed by atoms with Crippen molar-refractivity contribution in [3.8, 4) is 5.75 Å². The van der Waals surface area contributed by atoms with Gasteiger partial charge in [-0.05, 0) is 66.6 Å². The molecule has 0 aliphatic carbocycles. The predicted octanol–water partition coefficient (Wildman–Crippen LogP) is 3.17. The third kappa shape index (κ3) is 7.56. The Bertz CT molecular complexity index is 1150. The van der Waals surface area contributed by atoms with Gasteiger partial charge in [-0.15, -0.1) is 0 Å². The third-order valence-corrected chi connectivity index (χ3v) is 4.62. The second kappa shape index (κ2) is 11.9. The lowest BCUT2D eigenvalue weighted by atomic mass is 10.1. The largest absolute Gasteiger partial charge is 0.484 e. The van der Waals surface area contributed by atoms with E-state index in [0.717, 1.165) is 17.7 Å². The summed E-state index contributed by atoms with van der Waals surface area (Å²) < 4.78 is 18.4. The van der Waals surface area contributed by atoms with Crippen LogP contribution in [0.15, 0.2) is 84.0 Å². The Hall–Kier alpha value is -4.53. The molecule has 0 spiro atoms. The fourth-order valence-electron chi connectivity index (χ4n) is 2.84. The Morgan fingerprint density at radius 3 is 2.29 bits per heavy atom. The van der Waals surface area contributed by atoms with Gasteiger partial charge in [0.25, 0.3) is 5.91 Å². The topological polar surface area (TPSA) is 109 Å². The van der Waals surface area contributed by atoms with Crippen LogP contribution in [0.4, 0.5) is 10.1 Å². The summed E-state index contributed by atoms with van der Waals surface area (Å²) in [6.07, 6.45) is 1.35. The van der Waals surface area contributed by atoms with Gasteiger partial charge in [0.1, 0.15) is 11.6 Å². The second-order valence-electron chi connectivity index (χ2n) is 7.22. The molecule has 0 saturated carbocycles. The summed E-state index contributed by atoms with van der Waals surface area (Å²) in [4.78, 5) is 35.7. The molecule has 0 aromatic heterocycles. The average Bonchev–Trinajstić information content (AvgIpc) is 2.85. The molecule has 3 aromatic rings. The molecule has 174 valence electrons. The van der Waals surface area contributed by atoms with Crippen molar-refractivity contribution in [2.45, 2.75) is 13.0 Å². The first-order chi connectivity index (χ1) is 16.4. The number of hydrogen-bond donors (Lipinski definition) is 3. The van der Waals surface area contributed by atoms with Gasteiger partial charge in [0.05, 0.1) is 12.3 Å². The number of carbonyl (C=O) groups excluding carboxylic acids is 3. The molecule has 0 radical (unpaired) electrons. The zero-order valence-corrected chi connectivity index (χ0v) is 18.3. The van der Waals surface area contributed by atoms with E-state index in [1.807, 2.05) is 37.3 Å². The summed E-state index contributed by atoms with van der Waals surface area (Å²) in [6, 6.07) is 21.1. The van der Waals surface area contributed by atoms with E-state index in [9.17, 15) is 18.8 Å². The third-order valence-electron chi connectivity index (χ3n) is 4.62. The number of anilines is 1. The molecule has 0 bridgehead atoms. The minimum atomic E-state index is -0.976. The molecule has 3 amide bonds.